The lowest BCUT2D eigenvalue weighted by Crippen LogP contribution is -2.51. The van der Waals surface area contributed by atoms with Crippen LogP contribution in [0.3, 0.4) is 0 Å². The SMILES string of the molecule is CCOC(=O)N1CCN(CC(O)COc2ccc(NC(C)=O)cc2)CC1.Cl. The molecule has 1 fully saturated rings. The van der Waals surface area contributed by atoms with E-state index in [1.54, 1.807) is 36.1 Å². The summed E-state index contributed by atoms with van der Waals surface area (Å²) < 4.78 is 10.6. The van der Waals surface area contributed by atoms with Gasteiger partial charge in [-0.05, 0) is 31.2 Å². The van der Waals surface area contributed by atoms with Crippen LogP contribution < -0.4 is 10.1 Å². The smallest absolute Gasteiger partial charge is 0.409 e. The fraction of sp³-hybridized carbons (Fsp3) is 0.556. The van der Waals surface area contributed by atoms with Crippen molar-refractivity contribution in [2.45, 2.75) is 20.0 Å². The zero-order valence-corrected chi connectivity index (χ0v) is 16.5. The molecule has 0 radical (unpaired) electrons. The van der Waals surface area contributed by atoms with Crippen molar-refractivity contribution >= 4 is 30.1 Å². The van der Waals surface area contributed by atoms with Crippen LogP contribution in [0.1, 0.15) is 13.8 Å². The second kappa shape index (κ2) is 11.6. The van der Waals surface area contributed by atoms with Gasteiger partial charge in [-0.25, -0.2) is 4.79 Å². The Morgan fingerprint density at radius 2 is 1.81 bits per heavy atom. The lowest BCUT2D eigenvalue weighted by molar-refractivity contribution is -0.114. The van der Waals surface area contributed by atoms with Crippen LogP contribution in [0.4, 0.5) is 10.5 Å². The van der Waals surface area contributed by atoms with E-state index < -0.39 is 6.10 Å². The Morgan fingerprint density at radius 3 is 2.37 bits per heavy atom. The normalized spacial score (nSPS) is 15.4. The predicted octanol–water partition coefficient (Wildman–Crippen LogP) is 1.58. The lowest BCUT2D eigenvalue weighted by atomic mass is 10.2. The van der Waals surface area contributed by atoms with Crippen LogP contribution in [0.5, 0.6) is 5.75 Å². The molecule has 0 aromatic heterocycles. The summed E-state index contributed by atoms with van der Waals surface area (Å²) in [6, 6.07) is 6.99. The monoisotopic (exact) mass is 401 g/mol. The Labute approximate surface area is 165 Å². The molecule has 27 heavy (non-hydrogen) atoms. The van der Waals surface area contributed by atoms with E-state index in [-0.39, 0.29) is 31.0 Å². The molecule has 0 saturated carbocycles. The summed E-state index contributed by atoms with van der Waals surface area (Å²) in [6.07, 6.45) is -0.905. The number of hydrogen-bond donors (Lipinski definition) is 2. The highest BCUT2D eigenvalue weighted by Gasteiger charge is 2.23. The summed E-state index contributed by atoms with van der Waals surface area (Å²) in [6.45, 7) is 6.86. The van der Waals surface area contributed by atoms with Gasteiger partial charge in [0.25, 0.3) is 0 Å². The van der Waals surface area contributed by atoms with Gasteiger partial charge < -0.3 is 24.8 Å². The second-order valence-electron chi connectivity index (χ2n) is 6.16. The van der Waals surface area contributed by atoms with Gasteiger partial charge in [-0.2, -0.15) is 0 Å². The number of ether oxygens (including phenoxy) is 2. The number of halogens is 1. The Morgan fingerprint density at radius 1 is 1.19 bits per heavy atom. The largest absolute Gasteiger partial charge is 0.491 e. The first-order valence-corrected chi connectivity index (χ1v) is 8.80. The number of carbonyl (C=O) groups excluding carboxylic acids is 2. The molecule has 1 saturated heterocycles. The molecule has 1 aliphatic heterocycles. The number of β-amino-alcohol motifs (C(OH)–C–C–N with tert-alkyl or cyclic N) is 1. The summed E-state index contributed by atoms with van der Waals surface area (Å²) in [5.74, 6) is 0.502. The zero-order valence-electron chi connectivity index (χ0n) is 15.7. The van der Waals surface area contributed by atoms with E-state index in [9.17, 15) is 14.7 Å². The van der Waals surface area contributed by atoms with Gasteiger partial charge in [-0.1, -0.05) is 0 Å². The molecular weight excluding hydrogens is 374 g/mol. The molecule has 1 heterocycles. The number of piperazine rings is 1. The van der Waals surface area contributed by atoms with Crippen molar-refractivity contribution in [2.24, 2.45) is 0 Å². The Kier molecular flexibility index (Phi) is 9.92. The minimum Gasteiger partial charge on any atom is -0.491 e. The van der Waals surface area contributed by atoms with Gasteiger partial charge in [0, 0.05) is 45.3 Å². The highest BCUT2D eigenvalue weighted by Crippen LogP contribution is 2.16. The number of nitrogens with zero attached hydrogens (tertiary/aromatic N) is 2. The average molecular weight is 402 g/mol. The number of anilines is 1. The third kappa shape index (κ3) is 8.03. The van der Waals surface area contributed by atoms with Crippen molar-refractivity contribution < 1.29 is 24.2 Å². The molecule has 1 atom stereocenters. The van der Waals surface area contributed by atoms with Crippen LogP contribution in [-0.2, 0) is 9.53 Å². The maximum Gasteiger partial charge on any atom is 0.409 e. The molecule has 1 aromatic rings. The highest BCUT2D eigenvalue weighted by atomic mass is 35.5. The third-order valence-corrected chi connectivity index (χ3v) is 3.98. The zero-order chi connectivity index (χ0) is 18.9. The van der Waals surface area contributed by atoms with Crippen LogP contribution in [0.25, 0.3) is 0 Å². The van der Waals surface area contributed by atoms with Crippen LogP contribution in [0, 0.1) is 0 Å². The number of amides is 2. The minimum atomic E-state index is -0.626. The molecule has 0 bridgehead atoms. The summed E-state index contributed by atoms with van der Waals surface area (Å²) in [4.78, 5) is 26.4. The van der Waals surface area contributed by atoms with Crippen molar-refractivity contribution in [2.75, 3.05) is 51.3 Å². The van der Waals surface area contributed by atoms with Gasteiger partial charge >= 0.3 is 6.09 Å². The van der Waals surface area contributed by atoms with E-state index in [2.05, 4.69) is 10.2 Å². The number of benzene rings is 1. The highest BCUT2D eigenvalue weighted by molar-refractivity contribution is 5.88. The van der Waals surface area contributed by atoms with Gasteiger partial charge in [0.1, 0.15) is 18.5 Å². The van der Waals surface area contributed by atoms with Gasteiger partial charge in [0.2, 0.25) is 5.91 Å². The lowest BCUT2D eigenvalue weighted by Gasteiger charge is -2.34. The Balaban J connectivity index is 0.00000364. The first-order chi connectivity index (χ1) is 12.5. The van der Waals surface area contributed by atoms with Gasteiger partial charge in [-0.3, -0.25) is 9.69 Å². The number of rotatable bonds is 7. The number of carbonyl (C=O) groups is 2. The predicted molar refractivity (Wildman–Crippen MR) is 105 cm³/mol. The number of nitrogens with one attached hydrogen (secondary N) is 1. The van der Waals surface area contributed by atoms with Crippen molar-refractivity contribution in [3.8, 4) is 5.75 Å². The molecule has 8 nitrogen and oxygen atoms in total. The molecule has 2 N–H and O–H groups in total. The van der Waals surface area contributed by atoms with Gasteiger partial charge in [0.05, 0.1) is 6.61 Å². The topological polar surface area (TPSA) is 91.3 Å². The molecule has 9 heteroatoms. The van der Waals surface area contributed by atoms with E-state index in [4.69, 9.17) is 9.47 Å². The quantitative estimate of drug-likeness (QED) is 0.720. The first-order valence-electron chi connectivity index (χ1n) is 8.80. The van der Waals surface area contributed by atoms with Crippen molar-refractivity contribution in [1.82, 2.24) is 9.80 Å². The molecule has 2 amide bonds. The summed E-state index contributed by atoms with van der Waals surface area (Å²) in [7, 11) is 0. The van der Waals surface area contributed by atoms with Gasteiger partial charge in [-0.15, -0.1) is 12.4 Å². The fourth-order valence-electron chi connectivity index (χ4n) is 2.71. The molecule has 2 rings (SSSR count). The molecule has 152 valence electrons. The van der Waals surface area contributed by atoms with E-state index in [0.29, 0.717) is 50.8 Å². The van der Waals surface area contributed by atoms with Crippen molar-refractivity contribution in [3.05, 3.63) is 24.3 Å². The number of aliphatic hydroxyl groups excluding tert-OH is 1. The summed E-state index contributed by atoms with van der Waals surface area (Å²) in [5.41, 5.74) is 0.699. The summed E-state index contributed by atoms with van der Waals surface area (Å²) >= 11 is 0. The molecular formula is C18H28ClN3O5. The summed E-state index contributed by atoms with van der Waals surface area (Å²) in [5, 5.41) is 12.8. The molecule has 0 aliphatic carbocycles. The van der Waals surface area contributed by atoms with E-state index in [1.807, 2.05) is 0 Å². The van der Waals surface area contributed by atoms with E-state index in [1.165, 1.54) is 6.92 Å². The Bertz CT molecular complexity index is 591. The maximum absolute atomic E-state index is 11.7. The van der Waals surface area contributed by atoms with Crippen molar-refractivity contribution in [1.29, 1.82) is 0 Å². The minimum absolute atomic E-state index is 0. The average Bonchev–Trinajstić information content (AvgIpc) is 2.61. The van der Waals surface area contributed by atoms with Crippen LogP contribution >= 0.6 is 12.4 Å². The molecule has 1 unspecified atom stereocenters. The first kappa shape index (κ1) is 23.0. The van der Waals surface area contributed by atoms with E-state index >= 15 is 0 Å². The third-order valence-electron chi connectivity index (χ3n) is 3.98. The van der Waals surface area contributed by atoms with Crippen LogP contribution in [0.2, 0.25) is 0 Å². The second-order valence-corrected chi connectivity index (χ2v) is 6.16. The maximum atomic E-state index is 11.7. The van der Waals surface area contributed by atoms with Crippen LogP contribution in [0.15, 0.2) is 24.3 Å². The molecule has 1 aromatic carbocycles. The number of aliphatic hydroxyl groups is 1. The van der Waals surface area contributed by atoms with E-state index in [0.717, 1.165) is 0 Å². The molecule has 0 spiro atoms. The standard InChI is InChI=1S/C18H27N3O5.ClH/c1-3-25-18(24)21-10-8-20(9-11-21)12-16(23)13-26-17-6-4-15(5-7-17)19-14(2)22;/h4-7,16,23H,3,8-13H2,1-2H3,(H,19,22);1H. The van der Waals surface area contributed by atoms with Crippen molar-refractivity contribution in [3.63, 3.8) is 0 Å². The Hall–Kier alpha value is -2.03. The van der Waals surface area contributed by atoms with Gasteiger partial charge in [0.15, 0.2) is 0 Å². The van der Waals surface area contributed by atoms with Crippen LogP contribution in [-0.4, -0.2) is 78.9 Å². The number of hydrogen-bond acceptors (Lipinski definition) is 6. The molecule has 1 aliphatic rings. The fourth-order valence-corrected chi connectivity index (χ4v) is 2.71.